The van der Waals surface area contributed by atoms with Gasteiger partial charge in [-0.15, -0.1) is 0 Å². The molecule has 0 saturated carbocycles. The van der Waals surface area contributed by atoms with Crippen LogP contribution in [0.1, 0.15) is 13.8 Å². The molecule has 0 rings (SSSR count). The summed E-state index contributed by atoms with van der Waals surface area (Å²) in [5.41, 5.74) is 0. The van der Waals surface area contributed by atoms with E-state index in [1.54, 1.807) is 12.5 Å². The predicted octanol–water partition coefficient (Wildman–Crippen LogP) is 2.53. The molecule has 0 fully saturated rings. The van der Waals surface area contributed by atoms with Crippen LogP contribution in [0.5, 0.6) is 0 Å². The van der Waals surface area contributed by atoms with Gasteiger partial charge in [-0.1, -0.05) is 13.0 Å². The van der Waals surface area contributed by atoms with Gasteiger partial charge in [0, 0.05) is 6.16 Å². The Balaban J connectivity index is 3.93. The van der Waals surface area contributed by atoms with Gasteiger partial charge < -0.3 is 4.57 Å². The van der Waals surface area contributed by atoms with Crippen LogP contribution < -0.4 is 0 Å². The molecule has 48 valence electrons. The second kappa shape index (κ2) is 3.09. The molecule has 0 amide bonds. The second-order valence-corrected chi connectivity index (χ2v) is 5.25. The minimum atomic E-state index is -1.85. The quantitative estimate of drug-likeness (QED) is 0.527. The SMILES string of the molecule is CC=CP(C)(=O)CC. The Morgan fingerprint density at radius 1 is 1.62 bits per heavy atom. The Labute approximate surface area is 51.2 Å². The lowest BCUT2D eigenvalue weighted by molar-refractivity contribution is 0.585. The highest BCUT2D eigenvalue weighted by atomic mass is 31.2. The molecule has 0 aliphatic heterocycles. The van der Waals surface area contributed by atoms with Gasteiger partial charge in [0.25, 0.3) is 0 Å². The maximum atomic E-state index is 11.1. The zero-order valence-electron chi connectivity index (χ0n) is 5.72. The first kappa shape index (κ1) is 7.97. The molecule has 1 atom stereocenters. The van der Waals surface area contributed by atoms with E-state index in [4.69, 9.17) is 0 Å². The molecule has 0 aromatic heterocycles. The van der Waals surface area contributed by atoms with Crippen molar-refractivity contribution in [2.75, 3.05) is 12.8 Å². The molecule has 0 saturated heterocycles. The number of rotatable bonds is 2. The van der Waals surface area contributed by atoms with Crippen molar-refractivity contribution in [3.8, 4) is 0 Å². The Morgan fingerprint density at radius 2 is 2.12 bits per heavy atom. The minimum Gasteiger partial charge on any atom is -0.320 e. The van der Waals surface area contributed by atoms with Crippen LogP contribution in [0.2, 0.25) is 0 Å². The lowest BCUT2D eigenvalue weighted by atomic mass is 10.8. The lowest BCUT2D eigenvalue weighted by Crippen LogP contribution is -1.74. The van der Waals surface area contributed by atoms with E-state index in [0.717, 1.165) is 6.16 Å². The van der Waals surface area contributed by atoms with Gasteiger partial charge in [0.15, 0.2) is 0 Å². The first-order chi connectivity index (χ1) is 3.62. The summed E-state index contributed by atoms with van der Waals surface area (Å²) in [6.45, 7) is 5.64. The highest BCUT2D eigenvalue weighted by Gasteiger charge is 2.03. The molecule has 1 unspecified atom stereocenters. The van der Waals surface area contributed by atoms with Gasteiger partial charge in [0.05, 0.1) is 0 Å². The highest BCUT2D eigenvalue weighted by Crippen LogP contribution is 2.41. The van der Waals surface area contributed by atoms with Crippen LogP contribution in [-0.4, -0.2) is 12.8 Å². The largest absolute Gasteiger partial charge is 0.320 e. The van der Waals surface area contributed by atoms with Crippen molar-refractivity contribution in [1.82, 2.24) is 0 Å². The maximum Gasteiger partial charge on any atom is 0.105 e. The molecular weight excluding hydrogens is 119 g/mol. The molecule has 0 bridgehead atoms. The van der Waals surface area contributed by atoms with Crippen LogP contribution in [0, 0.1) is 0 Å². The monoisotopic (exact) mass is 132 g/mol. The molecular formula is C6H13OP. The summed E-state index contributed by atoms with van der Waals surface area (Å²) in [5, 5.41) is 0. The Bertz CT molecular complexity index is 126. The summed E-state index contributed by atoms with van der Waals surface area (Å²) in [5.74, 6) is 1.80. The van der Waals surface area contributed by atoms with Gasteiger partial charge in [0.1, 0.15) is 7.14 Å². The van der Waals surface area contributed by atoms with E-state index in [1.165, 1.54) is 0 Å². The Morgan fingerprint density at radius 3 is 2.25 bits per heavy atom. The van der Waals surface area contributed by atoms with Crippen LogP contribution in [0.25, 0.3) is 0 Å². The summed E-state index contributed by atoms with van der Waals surface area (Å²) < 4.78 is 11.1. The van der Waals surface area contributed by atoms with Crippen LogP contribution in [0.3, 0.4) is 0 Å². The van der Waals surface area contributed by atoms with E-state index in [9.17, 15) is 4.57 Å². The summed E-state index contributed by atoms with van der Waals surface area (Å²) in [6.07, 6.45) is 2.63. The average molecular weight is 132 g/mol. The van der Waals surface area contributed by atoms with Gasteiger partial charge in [-0.2, -0.15) is 0 Å². The molecule has 0 aromatic rings. The molecule has 1 nitrogen and oxygen atoms in total. The van der Waals surface area contributed by atoms with E-state index in [2.05, 4.69) is 0 Å². The fraction of sp³-hybridized carbons (Fsp3) is 0.667. The predicted molar refractivity (Wildman–Crippen MR) is 38.9 cm³/mol. The molecule has 0 spiro atoms. The molecule has 8 heavy (non-hydrogen) atoms. The molecule has 0 aliphatic rings. The van der Waals surface area contributed by atoms with Crippen LogP contribution in [-0.2, 0) is 4.57 Å². The van der Waals surface area contributed by atoms with Crippen LogP contribution in [0.4, 0.5) is 0 Å². The van der Waals surface area contributed by atoms with Gasteiger partial charge in [0.2, 0.25) is 0 Å². The maximum absolute atomic E-state index is 11.1. The Kier molecular flexibility index (Phi) is 3.08. The zero-order valence-corrected chi connectivity index (χ0v) is 6.61. The normalized spacial score (nSPS) is 18.9. The summed E-state index contributed by atoms with van der Waals surface area (Å²) in [6, 6.07) is 0. The highest BCUT2D eigenvalue weighted by molar-refractivity contribution is 7.66. The van der Waals surface area contributed by atoms with Crippen molar-refractivity contribution >= 4 is 7.14 Å². The molecule has 0 heterocycles. The lowest BCUT2D eigenvalue weighted by Gasteiger charge is -1.99. The van der Waals surface area contributed by atoms with Crippen molar-refractivity contribution in [2.24, 2.45) is 0 Å². The smallest absolute Gasteiger partial charge is 0.105 e. The zero-order chi connectivity index (χ0) is 6.62. The van der Waals surface area contributed by atoms with Crippen molar-refractivity contribution in [3.63, 3.8) is 0 Å². The molecule has 0 radical (unpaired) electrons. The van der Waals surface area contributed by atoms with Gasteiger partial charge in [-0.25, -0.2) is 0 Å². The first-order valence-electron chi connectivity index (χ1n) is 2.82. The van der Waals surface area contributed by atoms with Gasteiger partial charge in [-0.05, 0) is 19.4 Å². The van der Waals surface area contributed by atoms with E-state index in [-0.39, 0.29) is 0 Å². The fourth-order valence-corrected chi connectivity index (χ4v) is 1.26. The molecule has 0 aliphatic carbocycles. The standard InChI is InChI=1S/C6H13OP/c1-4-6-8(3,7)5-2/h4,6H,5H2,1-3H3. The van der Waals surface area contributed by atoms with Crippen LogP contribution in [0.15, 0.2) is 11.9 Å². The van der Waals surface area contributed by atoms with E-state index < -0.39 is 7.14 Å². The third-order valence-electron chi connectivity index (χ3n) is 1.09. The number of hydrogen-bond acceptors (Lipinski definition) is 1. The summed E-state index contributed by atoms with van der Waals surface area (Å²) >= 11 is 0. The topological polar surface area (TPSA) is 17.1 Å². The number of hydrogen-bond donors (Lipinski definition) is 0. The van der Waals surface area contributed by atoms with E-state index >= 15 is 0 Å². The van der Waals surface area contributed by atoms with Crippen molar-refractivity contribution in [3.05, 3.63) is 11.9 Å². The van der Waals surface area contributed by atoms with E-state index in [1.807, 2.05) is 19.9 Å². The summed E-state index contributed by atoms with van der Waals surface area (Å²) in [7, 11) is -1.85. The minimum absolute atomic E-state index is 0.775. The average Bonchev–Trinajstić information content (AvgIpc) is 1.67. The second-order valence-electron chi connectivity index (χ2n) is 1.97. The molecule has 2 heteroatoms. The van der Waals surface area contributed by atoms with Gasteiger partial charge >= 0.3 is 0 Å². The summed E-state index contributed by atoms with van der Waals surface area (Å²) in [4.78, 5) is 0. The van der Waals surface area contributed by atoms with E-state index in [0.29, 0.717) is 0 Å². The van der Waals surface area contributed by atoms with Crippen LogP contribution >= 0.6 is 7.14 Å². The Hall–Kier alpha value is -0.0300. The van der Waals surface area contributed by atoms with Crippen molar-refractivity contribution in [1.29, 1.82) is 0 Å². The van der Waals surface area contributed by atoms with Crippen molar-refractivity contribution < 1.29 is 4.57 Å². The molecule has 0 aromatic carbocycles. The number of allylic oxidation sites excluding steroid dienone is 1. The van der Waals surface area contributed by atoms with Crippen molar-refractivity contribution in [2.45, 2.75) is 13.8 Å². The fourth-order valence-electron chi connectivity index (χ4n) is 0.421. The first-order valence-corrected chi connectivity index (χ1v) is 5.23. The third kappa shape index (κ3) is 3.04. The third-order valence-corrected chi connectivity index (χ3v) is 3.28. The molecule has 0 N–H and O–H groups in total. The van der Waals surface area contributed by atoms with Gasteiger partial charge in [-0.3, -0.25) is 0 Å².